The Bertz CT molecular complexity index is 944. The summed E-state index contributed by atoms with van der Waals surface area (Å²) in [6.45, 7) is 5.11. The van der Waals surface area contributed by atoms with E-state index in [1.807, 2.05) is 17.8 Å². The minimum atomic E-state index is 0.690. The molecule has 3 aromatic rings. The van der Waals surface area contributed by atoms with Gasteiger partial charge in [-0.2, -0.15) is 5.10 Å². The van der Waals surface area contributed by atoms with Crippen LogP contribution >= 0.6 is 0 Å². The quantitative estimate of drug-likeness (QED) is 0.199. The van der Waals surface area contributed by atoms with Crippen LogP contribution in [0.25, 0.3) is 22.5 Å². The maximum Gasteiger partial charge on any atom is 0.173 e. The van der Waals surface area contributed by atoms with Gasteiger partial charge in [0.15, 0.2) is 5.75 Å². The van der Waals surface area contributed by atoms with Crippen LogP contribution in [0.1, 0.15) is 90.0 Å². The normalized spacial score (nSPS) is 11.1. The molecule has 0 amide bonds. The number of aryl methyl sites for hydroxylation is 2. The van der Waals surface area contributed by atoms with Gasteiger partial charge < -0.3 is 4.74 Å². The van der Waals surface area contributed by atoms with Gasteiger partial charge in [-0.15, -0.1) is 0 Å². The zero-order valence-corrected chi connectivity index (χ0v) is 21.7. The molecule has 1 heterocycles. The number of ether oxygens (including phenoxy) is 1. The Morgan fingerprint density at radius 1 is 0.676 bits per heavy atom. The molecule has 0 saturated carbocycles. The smallest absolute Gasteiger partial charge is 0.173 e. The summed E-state index contributed by atoms with van der Waals surface area (Å²) in [5, 5.41) is 4.83. The lowest BCUT2D eigenvalue weighted by Crippen LogP contribution is -1.99. The van der Waals surface area contributed by atoms with Gasteiger partial charge in [-0.05, 0) is 24.8 Å². The highest BCUT2D eigenvalue weighted by atomic mass is 16.5. The molecule has 3 rings (SSSR count). The van der Waals surface area contributed by atoms with E-state index in [4.69, 9.17) is 9.84 Å². The highest BCUT2D eigenvalue weighted by molar-refractivity contribution is 5.78. The van der Waals surface area contributed by atoms with Gasteiger partial charge in [0, 0.05) is 18.2 Å². The molecule has 184 valence electrons. The van der Waals surface area contributed by atoms with Gasteiger partial charge in [0.25, 0.3) is 0 Å². The fourth-order valence-electron chi connectivity index (χ4n) is 4.59. The predicted octanol–water partition coefficient (Wildman–Crippen LogP) is 9.01. The van der Waals surface area contributed by atoms with Crippen LogP contribution in [0.5, 0.6) is 5.75 Å². The van der Waals surface area contributed by atoms with E-state index in [0.717, 1.165) is 41.1 Å². The third-order valence-electron chi connectivity index (χ3n) is 6.55. The van der Waals surface area contributed by atoms with Gasteiger partial charge in [-0.3, -0.25) is 4.68 Å². The number of hydrogen-bond acceptors (Lipinski definition) is 2. The van der Waals surface area contributed by atoms with Crippen LogP contribution in [0.15, 0.2) is 54.6 Å². The SMILES string of the molecule is CCCCCCCCCCCCc1ccc(-c2c(OCCC)c(-c3ccccc3)nn2C)cc1. The van der Waals surface area contributed by atoms with Crippen molar-refractivity contribution >= 4 is 0 Å². The van der Waals surface area contributed by atoms with Crippen molar-refractivity contribution < 1.29 is 4.74 Å². The van der Waals surface area contributed by atoms with Crippen molar-refractivity contribution in [3.05, 3.63) is 60.2 Å². The molecule has 3 nitrogen and oxygen atoms in total. The largest absolute Gasteiger partial charge is 0.489 e. The summed E-state index contributed by atoms with van der Waals surface area (Å²) in [7, 11) is 2.01. The first-order valence-corrected chi connectivity index (χ1v) is 13.6. The van der Waals surface area contributed by atoms with Crippen LogP contribution < -0.4 is 4.74 Å². The van der Waals surface area contributed by atoms with E-state index in [1.54, 1.807) is 0 Å². The summed E-state index contributed by atoms with van der Waals surface area (Å²) >= 11 is 0. The Morgan fingerprint density at radius 3 is 1.91 bits per heavy atom. The van der Waals surface area contributed by atoms with Gasteiger partial charge in [0.1, 0.15) is 11.4 Å². The molecule has 0 radical (unpaired) electrons. The average molecular weight is 461 g/mol. The second-order valence-electron chi connectivity index (χ2n) is 9.49. The van der Waals surface area contributed by atoms with E-state index in [0.29, 0.717) is 6.61 Å². The van der Waals surface area contributed by atoms with Crippen LogP contribution in [0, 0.1) is 0 Å². The van der Waals surface area contributed by atoms with E-state index >= 15 is 0 Å². The summed E-state index contributed by atoms with van der Waals surface area (Å²) in [5.74, 6) is 0.887. The maximum absolute atomic E-state index is 6.23. The monoisotopic (exact) mass is 460 g/mol. The summed E-state index contributed by atoms with van der Waals surface area (Å²) in [6, 6.07) is 19.4. The van der Waals surface area contributed by atoms with Gasteiger partial charge in [0.05, 0.1) is 6.61 Å². The zero-order valence-electron chi connectivity index (χ0n) is 21.7. The van der Waals surface area contributed by atoms with E-state index in [-0.39, 0.29) is 0 Å². The number of hydrogen-bond donors (Lipinski definition) is 0. The first-order valence-electron chi connectivity index (χ1n) is 13.6. The molecule has 0 aliphatic rings. The number of aromatic nitrogens is 2. The minimum absolute atomic E-state index is 0.690. The first-order chi connectivity index (χ1) is 16.7. The molecule has 34 heavy (non-hydrogen) atoms. The average Bonchev–Trinajstić information content (AvgIpc) is 3.20. The molecule has 0 unspecified atom stereocenters. The predicted molar refractivity (Wildman–Crippen MR) is 145 cm³/mol. The first kappa shape index (κ1) is 26.1. The molecule has 0 fully saturated rings. The fourth-order valence-corrected chi connectivity index (χ4v) is 4.59. The van der Waals surface area contributed by atoms with Crippen LogP contribution in [0.3, 0.4) is 0 Å². The summed E-state index contributed by atoms with van der Waals surface area (Å²) in [6.07, 6.45) is 16.0. The lowest BCUT2D eigenvalue weighted by Gasteiger charge is -2.10. The molecular weight excluding hydrogens is 416 g/mol. The standard InChI is InChI=1S/C31H44N2O/c1-4-6-7-8-9-10-11-12-13-15-18-26-21-23-28(24-22-26)30-31(34-25-5-2)29(32-33(30)3)27-19-16-14-17-20-27/h14,16-17,19-24H,4-13,15,18,25H2,1-3H3. The number of nitrogens with zero attached hydrogens (tertiary/aromatic N) is 2. The van der Waals surface area contributed by atoms with E-state index in [2.05, 4.69) is 62.4 Å². The van der Waals surface area contributed by atoms with Gasteiger partial charge in [0.2, 0.25) is 0 Å². The molecule has 0 bridgehead atoms. The van der Waals surface area contributed by atoms with Crippen LogP contribution in [0.2, 0.25) is 0 Å². The molecule has 0 atom stereocenters. The number of benzene rings is 2. The van der Waals surface area contributed by atoms with Crippen LogP contribution in [-0.2, 0) is 13.5 Å². The van der Waals surface area contributed by atoms with Crippen molar-refractivity contribution in [1.29, 1.82) is 0 Å². The number of unbranched alkanes of at least 4 members (excludes halogenated alkanes) is 9. The zero-order chi connectivity index (χ0) is 24.0. The van der Waals surface area contributed by atoms with E-state index in [1.165, 1.54) is 69.8 Å². The summed E-state index contributed by atoms with van der Waals surface area (Å²) in [4.78, 5) is 0. The van der Waals surface area contributed by atoms with Crippen molar-refractivity contribution in [3.8, 4) is 28.3 Å². The van der Waals surface area contributed by atoms with Crippen molar-refractivity contribution in [3.63, 3.8) is 0 Å². The van der Waals surface area contributed by atoms with E-state index < -0.39 is 0 Å². The van der Waals surface area contributed by atoms with Crippen molar-refractivity contribution in [2.75, 3.05) is 6.61 Å². The summed E-state index contributed by atoms with van der Waals surface area (Å²) in [5.41, 5.74) is 5.65. The maximum atomic E-state index is 6.23. The third-order valence-corrected chi connectivity index (χ3v) is 6.55. The number of rotatable bonds is 16. The molecular formula is C31H44N2O. The topological polar surface area (TPSA) is 27.1 Å². The van der Waals surface area contributed by atoms with E-state index in [9.17, 15) is 0 Å². The van der Waals surface area contributed by atoms with Gasteiger partial charge in [-0.1, -0.05) is 126 Å². The molecule has 0 saturated heterocycles. The third kappa shape index (κ3) is 7.75. The molecule has 0 spiro atoms. The minimum Gasteiger partial charge on any atom is -0.489 e. The van der Waals surface area contributed by atoms with Crippen molar-refractivity contribution in [1.82, 2.24) is 9.78 Å². The Morgan fingerprint density at radius 2 is 1.29 bits per heavy atom. The Kier molecular flexibility index (Phi) is 11.2. The van der Waals surface area contributed by atoms with Crippen LogP contribution in [-0.4, -0.2) is 16.4 Å². The van der Waals surface area contributed by atoms with Crippen LogP contribution in [0.4, 0.5) is 0 Å². The Hall–Kier alpha value is -2.55. The van der Waals surface area contributed by atoms with Gasteiger partial charge >= 0.3 is 0 Å². The van der Waals surface area contributed by atoms with Crippen molar-refractivity contribution in [2.45, 2.75) is 90.9 Å². The molecule has 1 aromatic heterocycles. The molecule has 0 aliphatic carbocycles. The van der Waals surface area contributed by atoms with Crippen molar-refractivity contribution in [2.24, 2.45) is 7.05 Å². The molecule has 2 aromatic carbocycles. The molecule has 3 heteroatoms. The Labute approximate surface area is 207 Å². The highest BCUT2D eigenvalue weighted by Gasteiger charge is 2.20. The van der Waals surface area contributed by atoms with Gasteiger partial charge in [-0.25, -0.2) is 0 Å². The lowest BCUT2D eigenvalue weighted by atomic mass is 10.0. The lowest BCUT2D eigenvalue weighted by molar-refractivity contribution is 0.320. The second kappa shape index (κ2) is 14.7. The molecule has 0 N–H and O–H groups in total. The second-order valence-corrected chi connectivity index (χ2v) is 9.49. The Balaban J connectivity index is 1.55. The molecule has 0 aliphatic heterocycles. The highest BCUT2D eigenvalue weighted by Crippen LogP contribution is 2.38. The summed E-state index contributed by atoms with van der Waals surface area (Å²) < 4.78 is 8.20. The fraction of sp³-hybridized carbons (Fsp3) is 0.516.